The number of H-pyrrole nitrogens is 2. The molecule has 0 saturated carbocycles. The van der Waals surface area contributed by atoms with E-state index in [1.165, 1.54) is 25.9 Å². The monoisotopic (exact) mass is 520 g/mol. The number of pyridine rings is 2. The number of aromatic amines is 2. The highest BCUT2D eigenvalue weighted by atomic mass is 19.1. The van der Waals surface area contributed by atoms with Crippen molar-refractivity contribution in [2.75, 3.05) is 19.6 Å². The number of benzene rings is 1. The Morgan fingerprint density at radius 3 is 2.64 bits per heavy atom. The summed E-state index contributed by atoms with van der Waals surface area (Å²) in [4.78, 5) is 15.2. The minimum absolute atomic E-state index is 0.230. The third-order valence-corrected chi connectivity index (χ3v) is 7.62. The molecule has 0 radical (unpaired) electrons. The van der Waals surface area contributed by atoms with Crippen LogP contribution in [-0.4, -0.2) is 59.5 Å². The molecule has 0 amide bonds. The molecular weight excluding hydrogens is 491 g/mol. The summed E-state index contributed by atoms with van der Waals surface area (Å²) in [5, 5.41) is 13.8. The van der Waals surface area contributed by atoms with Crippen molar-refractivity contribution >= 4 is 21.8 Å². The van der Waals surface area contributed by atoms with Crippen LogP contribution < -0.4 is 0 Å². The zero-order chi connectivity index (χ0) is 26.3. The van der Waals surface area contributed by atoms with Gasteiger partial charge in [-0.2, -0.15) is 10.2 Å². The molecule has 0 atom stereocenters. The van der Waals surface area contributed by atoms with Crippen LogP contribution in [0.5, 0.6) is 0 Å². The molecule has 39 heavy (non-hydrogen) atoms. The van der Waals surface area contributed by atoms with Crippen LogP contribution in [0.1, 0.15) is 24.8 Å². The number of hydrogen-bond acceptors (Lipinski definition) is 5. The van der Waals surface area contributed by atoms with Gasteiger partial charge in [-0.3, -0.25) is 19.7 Å². The Morgan fingerprint density at radius 2 is 1.79 bits per heavy atom. The number of aromatic nitrogens is 7. The van der Waals surface area contributed by atoms with Crippen LogP contribution >= 0.6 is 0 Å². The lowest BCUT2D eigenvalue weighted by Crippen LogP contribution is -2.20. The molecular formula is C30H29FN8. The van der Waals surface area contributed by atoms with Crippen molar-refractivity contribution in [3.05, 3.63) is 72.6 Å². The van der Waals surface area contributed by atoms with Crippen molar-refractivity contribution in [3.63, 3.8) is 0 Å². The Balaban J connectivity index is 1.23. The van der Waals surface area contributed by atoms with E-state index in [0.717, 1.165) is 80.7 Å². The summed E-state index contributed by atoms with van der Waals surface area (Å²) in [6.45, 7) is 3.43. The normalized spacial score (nSPS) is 14.2. The van der Waals surface area contributed by atoms with E-state index in [0.29, 0.717) is 0 Å². The molecule has 6 heterocycles. The van der Waals surface area contributed by atoms with Crippen LogP contribution in [0, 0.1) is 5.82 Å². The zero-order valence-electron chi connectivity index (χ0n) is 21.8. The number of hydrogen-bond donors (Lipinski definition) is 2. The van der Waals surface area contributed by atoms with Gasteiger partial charge in [0.25, 0.3) is 0 Å². The second kappa shape index (κ2) is 9.74. The minimum Gasteiger partial charge on any atom is -0.353 e. The van der Waals surface area contributed by atoms with E-state index in [2.05, 4.69) is 47.3 Å². The van der Waals surface area contributed by atoms with E-state index in [1.54, 1.807) is 35.4 Å². The number of rotatable bonds is 7. The fraction of sp³-hybridized carbons (Fsp3) is 0.267. The summed E-state index contributed by atoms with van der Waals surface area (Å²) >= 11 is 0. The minimum atomic E-state index is -0.230. The Labute approximate surface area is 224 Å². The third-order valence-electron chi connectivity index (χ3n) is 7.62. The van der Waals surface area contributed by atoms with E-state index in [1.807, 2.05) is 25.4 Å². The predicted octanol–water partition coefficient (Wildman–Crippen LogP) is 5.74. The Morgan fingerprint density at radius 1 is 0.923 bits per heavy atom. The molecule has 196 valence electrons. The highest BCUT2D eigenvalue weighted by Crippen LogP contribution is 2.34. The molecule has 1 aliphatic rings. The Bertz CT molecular complexity index is 1790. The SMILES string of the molecule is Cn1cc(-c2cc3c(-c4cc5c(-c6cc(F)cc(CCCN7CCCC7)c6)nccc5[nH]4)n[nH]c3cn2)cn1. The van der Waals surface area contributed by atoms with Crippen molar-refractivity contribution in [2.24, 2.45) is 7.05 Å². The standard InChI is InChI=1S/C30H29FN8/c1-38-18-21(16-34-38)26-14-24-28(17-33-26)36-37-30(24)27-15-23-25(35-27)6-7-32-29(23)20-11-19(12-22(31)13-20)5-4-10-39-8-2-3-9-39/h6-7,11-18,35H,2-5,8-10H2,1H3,(H,36,37). The van der Waals surface area contributed by atoms with E-state index in [-0.39, 0.29) is 5.82 Å². The second-order valence-corrected chi connectivity index (χ2v) is 10.4. The lowest BCUT2D eigenvalue weighted by molar-refractivity contribution is 0.334. The topological polar surface area (TPSA) is 91.3 Å². The number of likely N-dealkylation sites (tertiary alicyclic amines) is 1. The lowest BCUT2D eigenvalue weighted by atomic mass is 10.0. The number of nitrogens with zero attached hydrogens (tertiary/aromatic N) is 6. The van der Waals surface area contributed by atoms with E-state index < -0.39 is 0 Å². The van der Waals surface area contributed by atoms with Crippen molar-refractivity contribution in [1.29, 1.82) is 0 Å². The summed E-state index contributed by atoms with van der Waals surface area (Å²) in [6.07, 6.45) is 11.7. The van der Waals surface area contributed by atoms with E-state index in [4.69, 9.17) is 0 Å². The van der Waals surface area contributed by atoms with E-state index >= 15 is 0 Å². The summed E-state index contributed by atoms with van der Waals surface area (Å²) < 4.78 is 16.5. The average molecular weight is 521 g/mol. The summed E-state index contributed by atoms with van der Waals surface area (Å²) in [7, 11) is 1.89. The highest BCUT2D eigenvalue weighted by Gasteiger charge is 2.17. The van der Waals surface area contributed by atoms with Gasteiger partial charge in [0, 0.05) is 46.9 Å². The van der Waals surface area contributed by atoms with Crippen molar-refractivity contribution < 1.29 is 4.39 Å². The van der Waals surface area contributed by atoms with Crippen LogP contribution in [0.25, 0.3) is 55.7 Å². The lowest BCUT2D eigenvalue weighted by Gasteiger charge is -2.14. The number of halogens is 1. The third kappa shape index (κ3) is 4.59. The van der Waals surface area contributed by atoms with Gasteiger partial charge in [0.2, 0.25) is 0 Å². The molecule has 0 bridgehead atoms. The van der Waals surface area contributed by atoms with Crippen LogP contribution in [0.2, 0.25) is 0 Å². The Kier molecular flexibility index (Phi) is 5.93. The quantitative estimate of drug-likeness (QED) is 0.280. The number of nitrogens with one attached hydrogen (secondary N) is 2. The maximum absolute atomic E-state index is 14.8. The average Bonchev–Trinajstić information content (AvgIpc) is 3.74. The molecule has 9 heteroatoms. The first-order valence-corrected chi connectivity index (χ1v) is 13.4. The number of aryl methyl sites for hydroxylation is 2. The highest BCUT2D eigenvalue weighted by molar-refractivity contribution is 6.00. The molecule has 2 N–H and O–H groups in total. The van der Waals surface area contributed by atoms with Gasteiger partial charge in [-0.25, -0.2) is 4.39 Å². The largest absolute Gasteiger partial charge is 0.353 e. The van der Waals surface area contributed by atoms with Crippen LogP contribution in [-0.2, 0) is 13.5 Å². The van der Waals surface area contributed by atoms with Gasteiger partial charge in [0.15, 0.2) is 0 Å². The molecule has 5 aromatic heterocycles. The molecule has 1 aromatic carbocycles. The smallest absolute Gasteiger partial charge is 0.124 e. The van der Waals surface area contributed by atoms with Crippen LogP contribution in [0.3, 0.4) is 0 Å². The fourth-order valence-electron chi connectivity index (χ4n) is 5.69. The Hall–Kier alpha value is -4.37. The van der Waals surface area contributed by atoms with Gasteiger partial charge in [-0.15, -0.1) is 0 Å². The molecule has 8 nitrogen and oxygen atoms in total. The summed E-state index contributed by atoms with van der Waals surface area (Å²) in [5.74, 6) is -0.230. The first-order valence-electron chi connectivity index (χ1n) is 13.4. The molecule has 6 aromatic rings. The number of fused-ring (bicyclic) bond motifs is 2. The maximum atomic E-state index is 14.8. The summed E-state index contributed by atoms with van der Waals surface area (Å²) in [6, 6.07) is 11.3. The summed E-state index contributed by atoms with van der Waals surface area (Å²) in [5.41, 5.74) is 7.74. The van der Waals surface area contributed by atoms with Crippen molar-refractivity contribution in [2.45, 2.75) is 25.7 Å². The predicted molar refractivity (Wildman–Crippen MR) is 151 cm³/mol. The van der Waals surface area contributed by atoms with Gasteiger partial charge in [0.05, 0.1) is 35.0 Å². The van der Waals surface area contributed by atoms with Gasteiger partial charge >= 0.3 is 0 Å². The molecule has 0 spiro atoms. The molecule has 1 fully saturated rings. The van der Waals surface area contributed by atoms with Gasteiger partial charge in [0.1, 0.15) is 11.5 Å². The molecule has 0 unspecified atom stereocenters. The first-order chi connectivity index (χ1) is 19.1. The van der Waals surface area contributed by atoms with Crippen LogP contribution in [0.4, 0.5) is 4.39 Å². The maximum Gasteiger partial charge on any atom is 0.124 e. The molecule has 0 aliphatic carbocycles. The van der Waals surface area contributed by atoms with E-state index in [9.17, 15) is 4.39 Å². The first kappa shape index (κ1) is 23.7. The van der Waals surface area contributed by atoms with Crippen molar-refractivity contribution in [3.8, 4) is 33.9 Å². The van der Waals surface area contributed by atoms with Crippen LogP contribution in [0.15, 0.2) is 61.2 Å². The van der Waals surface area contributed by atoms with Crippen molar-refractivity contribution in [1.82, 2.24) is 39.8 Å². The zero-order valence-corrected chi connectivity index (χ0v) is 21.8. The molecule has 7 rings (SSSR count). The van der Waals surface area contributed by atoms with Gasteiger partial charge < -0.3 is 9.88 Å². The molecule has 1 saturated heterocycles. The fourth-order valence-corrected chi connectivity index (χ4v) is 5.69. The molecule has 1 aliphatic heterocycles. The van der Waals surface area contributed by atoms with Gasteiger partial charge in [-0.1, -0.05) is 0 Å². The van der Waals surface area contributed by atoms with Gasteiger partial charge in [-0.05, 0) is 87.3 Å². The second-order valence-electron chi connectivity index (χ2n) is 10.4.